The van der Waals surface area contributed by atoms with E-state index in [2.05, 4.69) is 16.7 Å². The Morgan fingerprint density at radius 3 is 2.29 bits per heavy atom. The molecule has 4 nitrogen and oxygen atoms in total. The third-order valence-corrected chi connectivity index (χ3v) is 2.79. The van der Waals surface area contributed by atoms with Crippen LogP contribution in [0.2, 0.25) is 0 Å². The van der Waals surface area contributed by atoms with Crippen molar-refractivity contribution in [1.29, 1.82) is 0 Å². The second-order valence-corrected chi connectivity index (χ2v) is 3.95. The van der Waals surface area contributed by atoms with Gasteiger partial charge >= 0.3 is 0 Å². The summed E-state index contributed by atoms with van der Waals surface area (Å²) in [4.78, 5) is 4.90. The molecule has 1 rings (SSSR count). The predicted octanol–water partition coefficient (Wildman–Crippen LogP) is -0.402. The molecule has 1 unspecified atom stereocenters. The molecule has 0 aliphatic carbocycles. The summed E-state index contributed by atoms with van der Waals surface area (Å²) in [6.07, 6.45) is 0. The van der Waals surface area contributed by atoms with Gasteiger partial charge in [0, 0.05) is 45.9 Å². The highest BCUT2D eigenvalue weighted by molar-refractivity contribution is 4.74. The number of likely N-dealkylation sites (N-methyl/N-ethyl adjacent to an activating group) is 1. The molecule has 0 amide bonds. The minimum atomic E-state index is 0.160. The van der Waals surface area contributed by atoms with E-state index in [4.69, 9.17) is 10.5 Å². The van der Waals surface area contributed by atoms with Crippen LogP contribution < -0.4 is 5.73 Å². The third kappa shape index (κ3) is 3.92. The molecule has 1 aliphatic heterocycles. The van der Waals surface area contributed by atoms with E-state index >= 15 is 0 Å². The van der Waals surface area contributed by atoms with Gasteiger partial charge in [-0.05, 0) is 6.54 Å². The van der Waals surface area contributed by atoms with E-state index in [0.717, 1.165) is 26.2 Å². The molecule has 1 fully saturated rings. The first kappa shape index (κ1) is 11.9. The number of nitrogens with zero attached hydrogens (tertiary/aromatic N) is 2. The summed E-state index contributed by atoms with van der Waals surface area (Å²) < 4.78 is 5.03. The minimum Gasteiger partial charge on any atom is -0.383 e. The van der Waals surface area contributed by atoms with Crippen molar-refractivity contribution in [2.24, 2.45) is 5.73 Å². The lowest BCUT2D eigenvalue weighted by atomic mass is 10.2. The van der Waals surface area contributed by atoms with Crippen LogP contribution in [0.15, 0.2) is 0 Å². The standard InChI is InChI=1S/C10H23N3O/c1-3-12-4-6-13(7-5-12)8-10(11)9-14-2/h10H,3-9,11H2,1-2H3. The Bertz CT molecular complexity index is 146. The zero-order valence-corrected chi connectivity index (χ0v) is 9.41. The fourth-order valence-corrected chi connectivity index (χ4v) is 1.89. The molecule has 0 aromatic heterocycles. The fourth-order valence-electron chi connectivity index (χ4n) is 1.89. The molecule has 4 heteroatoms. The highest BCUT2D eigenvalue weighted by atomic mass is 16.5. The lowest BCUT2D eigenvalue weighted by molar-refractivity contribution is 0.110. The van der Waals surface area contributed by atoms with Crippen LogP contribution in [0.5, 0.6) is 0 Å². The molecule has 0 saturated carbocycles. The SMILES string of the molecule is CCN1CCN(CC(N)COC)CC1. The summed E-state index contributed by atoms with van der Waals surface area (Å²) in [5, 5.41) is 0. The second kappa shape index (κ2) is 6.35. The molecule has 84 valence electrons. The summed E-state index contributed by atoms with van der Waals surface area (Å²) in [7, 11) is 1.70. The predicted molar refractivity (Wildman–Crippen MR) is 58.4 cm³/mol. The average Bonchev–Trinajstić information content (AvgIpc) is 2.19. The van der Waals surface area contributed by atoms with Crippen molar-refractivity contribution in [2.45, 2.75) is 13.0 Å². The molecular weight excluding hydrogens is 178 g/mol. The highest BCUT2D eigenvalue weighted by Gasteiger charge is 2.17. The summed E-state index contributed by atoms with van der Waals surface area (Å²) in [6, 6.07) is 0.160. The summed E-state index contributed by atoms with van der Waals surface area (Å²) in [5.41, 5.74) is 5.90. The second-order valence-electron chi connectivity index (χ2n) is 3.95. The molecule has 1 heterocycles. The van der Waals surface area contributed by atoms with Gasteiger partial charge in [-0.1, -0.05) is 6.92 Å². The number of piperazine rings is 1. The molecule has 1 atom stereocenters. The van der Waals surface area contributed by atoms with Crippen LogP contribution in [0, 0.1) is 0 Å². The van der Waals surface area contributed by atoms with E-state index in [9.17, 15) is 0 Å². The first-order valence-electron chi connectivity index (χ1n) is 5.45. The van der Waals surface area contributed by atoms with Crippen molar-refractivity contribution in [3.63, 3.8) is 0 Å². The van der Waals surface area contributed by atoms with Crippen LogP contribution in [0.25, 0.3) is 0 Å². The number of nitrogens with two attached hydrogens (primary N) is 1. The van der Waals surface area contributed by atoms with Gasteiger partial charge in [-0.2, -0.15) is 0 Å². The van der Waals surface area contributed by atoms with Crippen LogP contribution in [0.1, 0.15) is 6.92 Å². The topological polar surface area (TPSA) is 41.7 Å². The van der Waals surface area contributed by atoms with Gasteiger partial charge < -0.3 is 15.4 Å². The van der Waals surface area contributed by atoms with Gasteiger partial charge in [0.2, 0.25) is 0 Å². The quantitative estimate of drug-likeness (QED) is 0.657. The molecule has 1 aliphatic rings. The van der Waals surface area contributed by atoms with Gasteiger partial charge in [-0.3, -0.25) is 4.90 Å². The molecule has 0 aromatic carbocycles. The third-order valence-electron chi connectivity index (χ3n) is 2.79. The van der Waals surface area contributed by atoms with Gasteiger partial charge in [0.15, 0.2) is 0 Å². The van der Waals surface area contributed by atoms with Crippen LogP contribution in [-0.4, -0.2) is 68.8 Å². The average molecular weight is 201 g/mol. The van der Waals surface area contributed by atoms with Crippen molar-refractivity contribution in [2.75, 3.05) is 53.0 Å². The number of hydrogen-bond acceptors (Lipinski definition) is 4. The Labute approximate surface area is 87.0 Å². The Hall–Kier alpha value is -0.160. The van der Waals surface area contributed by atoms with Gasteiger partial charge in [-0.25, -0.2) is 0 Å². The molecule has 0 radical (unpaired) electrons. The van der Waals surface area contributed by atoms with Crippen molar-refractivity contribution >= 4 is 0 Å². The largest absolute Gasteiger partial charge is 0.383 e. The van der Waals surface area contributed by atoms with Crippen molar-refractivity contribution in [3.8, 4) is 0 Å². The Morgan fingerprint density at radius 1 is 1.21 bits per heavy atom. The number of hydrogen-bond donors (Lipinski definition) is 1. The molecule has 2 N–H and O–H groups in total. The summed E-state index contributed by atoms with van der Waals surface area (Å²) in [5.74, 6) is 0. The Kier molecular flexibility index (Phi) is 5.40. The lowest BCUT2D eigenvalue weighted by Crippen LogP contribution is -2.50. The van der Waals surface area contributed by atoms with E-state index < -0.39 is 0 Å². The highest BCUT2D eigenvalue weighted by Crippen LogP contribution is 2.01. The molecular formula is C10H23N3O. The van der Waals surface area contributed by atoms with Crippen molar-refractivity contribution < 1.29 is 4.74 Å². The molecule has 1 saturated heterocycles. The maximum absolute atomic E-state index is 5.90. The molecule has 0 spiro atoms. The van der Waals surface area contributed by atoms with E-state index in [1.54, 1.807) is 7.11 Å². The number of methoxy groups -OCH3 is 1. The van der Waals surface area contributed by atoms with Crippen LogP contribution in [0.4, 0.5) is 0 Å². The van der Waals surface area contributed by atoms with Gasteiger partial charge in [-0.15, -0.1) is 0 Å². The normalized spacial score (nSPS) is 22.5. The zero-order valence-electron chi connectivity index (χ0n) is 9.41. The molecule has 14 heavy (non-hydrogen) atoms. The number of rotatable bonds is 5. The molecule has 0 aromatic rings. The summed E-state index contributed by atoms with van der Waals surface area (Å²) >= 11 is 0. The first-order chi connectivity index (χ1) is 6.76. The Balaban J connectivity index is 2.15. The Morgan fingerprint density at radius 2 is 1.79 bits per heavy atom. The van der Waals surface area contributed by atoms with Crippen LogP contribution in [-0.2, 0) is 4.74 Å². The first-order valence-corrected chi connectivity index (χ1v) is 5.45. The zero-order chi connectivity index (χ0) is 10.4. The van der Waals surface area contributed by atoms with E-state index in [0.29, 0.717) is 6.61 Å². The van der Waals surface area contributed by atoms with E-state index in [-0.39, 0.29) is 6.04 Å². The van der Waals surface area contributed by atoms with Crippen molar-refractivity contribution in [1.82, 2.24) is 9.80 Å². The van der Waals surface area contributed by atoms with E-state index in [1.165, 1.54) is 13.1 Å². The maximum Gasteiger partial charge on any atom is 0.0626 e. The number of ether oxygens (including phenoxy) is 1. The maximum atomic E-state index is 5.90. The summed E-state index contributed by atoms with van der Waals surface area (Å²) in [6.45, 7) is 9.65. The van der Waals surface area contributed by atoms with Gasteiger partial charge in [0.05, 0.1) is 6.61 Å². The fraction of sp³-hybridized carbons (Fsp3) is 1.00. The van der Waals surface area contributed by atoms with Crippen LogP contribution in [0.3, 0.4) is 0 Å². The van der Waals surface area contributed by atoms with Gasteiger partial charge in [0.25, 0.3) is 0 Å². The van der Waals surface area contributed by atoms with Crippen molar-refractivity contribution in [3.05, 3.63) is 0 Å². The minimum absolute atomic E-state index is 0.160. The van der Waals surface area contributed by atoms with Gasteiger partial charge in [0.1, 0.15) is 0 Å². The van der Waals surface area contributed by atoms with E-state index in [1.807, 2.05) is 0 Å². The molecule has 0 bridgehead atoms. The van der Waals surface area contributed by atoms with Crippen LogP contribution >= 0.6 is 0 Å². The smallest absolute Gasteiger partial charge is 0.0626 e. The lowest BCUT2D eigenvalue weighted by Gasteiger charge is -2.35. The monoisotopic (exact) mass is 201 g/mol.